The molecule has 2 aromatic rings. The van der Waals surface area contributed by atoms with Gasteiger partial charge in [0, 0.05) is 11.6 Å². The first-order valence-electron chi connectivity index (χ1n) is 6.09. The van der Waals surface area contributed by atoms with Crippen LogP contribution in [0.2, 0.25) is 0 Å². The number of hydrogen-bond acceptors (Lipinski definition) is 1. The summed E-state index contributed by atoms with van der Waals surface area (Å²) >= 11 is 5.43. The third-order valence-electron chi connectivity index (χ3n) is 2.96. The smallest absolute Gasteiger partial charge is 0.107 e. The van der Waals surface area contributed by atoms with E-state index in [-0.39, 0.29) is 6.04 Å². The summed E-state index contributed by atoms with van der Waals surface area (Å²) in [5, 5.41) is 3.36. The number of thiocarbonyl (C=S) groups is 1. The Morgan fingerprint density at radius 1 is 1.00 bits per heavy atom. The Morgan fingerprint density at radius 3 is 2.22 bits per heavy atom. The Morgan fingerprint density at radius 2 is 1.61 bits per heavy atom. The molecule has 0 aliphatic carbocycles. The zero-order valence-corrected chi connectivity index (χ0v) is 11.5. The summed E-state index contributed by atoms with van der Waals surface area (Å²) in [6, 6.07) is 18.8. The van der Waals surface area contributed by atoms with Crippen LogP contribution < -0.4 is 5.32 Å². The van der Waals surface area contributed by atoms with Crippen molar-refractivity contribution in [3.05, 3.63) is 71.3 Å². The van der Waals surface area contributed by atoms with Crippen molar-refractivity contribution < 1.29 is 0 Å². The number of aryl methyl sites for hydroxylation is 1. The van der Waals surface area contributed by atoms with Crippen molar-refractivity contribution in [1.82, 2.24) is 5.32 Å². The minimum absolute atomic E-state index is 0.222. The Hall–Kier alpha value is -1.67. The Balaban J connectivity index is 2.06. The van der Waals surface area contributed by atoms with Crippen LogP contribution in [0.25, 0.3) is 0 Å². The van der Waals surface area contributed by atoms with Crippen LogP contribution in [0, 0.1) is 6.92 Å². The third-order valence-corrected chi connectivity index (χ3v) is 3.31. The van der Waals surface area contributed by atoms with Crippen LogP contribution in [-0.4, -0.2) is 4.99 Å². The summed E-state index contributed by atoms with van der Waals surface area (Å²) in [6.45, 7) is 4.20. The fraction of sp³-hybridized carbons (Fsp3) is 0.188. The Bertz CT molecular complexity index is 517. The largest absolute Gasteiger partial charge is 0.369 e. The molecule has 0 amide bonds. The topological polar surface area (TPSA) is 12.0 Å². The van der Waals surface area contributed by atoms with Gasteiger partial charge in [0.05, 0.1) is 0 Å². The molecule has 1 nitrogen and oxygen atoms in total. The van der Waals surface area contributed by atoms with Crippen molar-refractivity contribution in [2.75, 3.05) is 0 Å². The van der Waals surface area contributed by atoms with E-state index in [1.807, 2.05) is 18.2 Å². The van der Waals surface area contributed by atoms with Gasteiger partial charge in [-0.15, -0.1) is 0 Å². The number of nitrogens with one attached hydrogen (secondary N) is 1. The second-order valence-corrected chi connectivity index (χ2v) is 4.88. The van der Waals surface area contributed by atoms with Crippen LogP contribution >= 0.6 is 12.2 Å². The average Bonchev–Trinajstić information content (AvgIpc) is 2.40. The molecule has 1 N–H and O–H groups in total. The maximum Gasteiger partial charge on any atom is 0.107 e. The third kappa shape index (κ3) is 3.17. The van der Waals surface area contributed by atoms with Crippen LogP contribution in [0.4, 0.5) is 0 Å². The average molecular weight is 255 g/mol. The van der Waals surface area contributed by atoms with E-state index < -0.39 is 0 Å². The van der Waals surface area contributed by atoms with Gasteiger partial charge in [-0.3, -0.25) is 0 Å². The molecule has 0 saturated heterocycles. The minimum Gasteiger partial charge on any atom is -0.369 e. The second-order valence-electron chi connectivity index (χ2n) is 4.47. The monoisotopic (exact) mass is 255 g/mol. The highest BCUT2D eigenvalue weighted by Crippen LogP contribution is 2.13. The zero-order chi connectivity index (χ0) is 13.0. The molecule has 0 saturated carbocycles. The molecule has 92 valence electrons. The van der Waals surface area contributed by atoms with Crippen molar-refractivity contribution in [3.63, 3.8) is 0 Å². The summed E-state index contributed by atoms with van der Waals surface area (Å²) in [5.41, 5.74) is 3.56. The van der Waals surface area contributed by atoms with Crippen molar-refractivity contribution in [3.8, 4) is 0 Å². The predicted molar refractivity (Wildman–Crippen MR) is 80.9 cm³/mol. The van der Waals surface area contributed by atoms with E-state index in [4.69, 9.17) is 12.2 Å². The highest BCUT2D eigenvalue weighted by molar-refractivity contribution is 7.80. The van der Waals surface area contributed by atoms with Crippen molar-refractivity contribution in [2.24, 2.45) is 0 Å². The van der Waals surface area contributed by atoms with Crippen molar-refractivity contribution in [1.29, 1.82) is 0 Å². The van der Waals surface area contributed by atoms with Crippen LogP contribution in [-0.2, 0) is 0 Å². The van der Waals surface area contributed by atoms with E-state index in [1.54, 1.807) is 0 Å². The van der Waals surface area contributed by atoms with E-state index in [2.05, 4.69) is 55.6 Å². The first-order valence-corrected chi connectivity index (χ1v) is 6.50. The van der Waals surface area contributed by atoms with Gasteiger partial charge in [-0.2, -0.15) is 0 Å². The van der Waals surface area contributed by atoms with Gasteiger partial charge in [-0.25, -0.2) is 0 Å². The van der Waals surface area contributed by atoms with Crippen LogP contribution in [0.1, 0.15) is 29.7 Å². The lowest BCUT2D eigenvalue weighted by Gasteiger charge is -2.16. The summed E-state index contributed by atoms with van der Waals surface area (Å²) < 4.78 is 0. The number of benzene rings is 2. The lowest BCUT2D eigenvalue weighted by Crippen LogP contribution is -2.25. The van der Waals surface area contributed by atoms with Gasteiger partial charge < -0.3 is 5.32 Å². The molecule has 0 fully saturated rings. The summed E-state index contributed by atoms with van der Waals surface area (Å²) in [4.78, 5) is 0.798. The van der Waals surface area contributed by atoms with E-state index in [1.165, 1.54) is 11.1 Å². The van der Waals surface area contributed by atoms with Crippen molar-refractivity contribution >= 4 is 17.2 Å². The molecule has 0 aromatic heterocycles. The molecule has 0 heterocycles. The van der Waals surface area contributed by atoms with Crippen molar-refractivity contribution in [2.45, 2.75) is 19.9 Å². The highest BCUT2D eigenvalue weighted by Gasteiger charge is 2.07. The predicted octanol–water partition coefficient (Wildman–Crippen LogP) is 4.02. The summed E-state index contributed by atoms with van der Waals surface area (Å²) in [6.07, 6.45) is 0. The summed E-state index contributed by atoms with van der Waals surface area (Å²) in [5.74, 6) is 0. The molecule has 1 atom stereocenters. The lowest BCUT2D eigenvalue weighted by molar-refractivity contribution is 0.724. The first kappa shape index (κ1) is 12.8. The molecule has 0 spiro atoms. The molecular weight excluding hydrogens is 238 g/mol. The second kappa shape index (κ2) is 5.78. The van der Waals surface area contributed by atoms with Gasteiger partial charge in [0.2, 0.25) is 0 Å². The fourth-order valence-electron chi connectivity index (χ4n) is 1.81. The fourth-order valence-corrected chi connectivity index (χ4v) is 2.12. The zero-order valence-electron chi connectivity index (χ0n) is 10.7. The molecule has 0 radical (unpaired) electrons. The molecule has 0 bridgehead atoms. The SMILES string of the molecule is Cc1ccc(C(=S)N[C@H](C)c2ccccc2)cc1. The number of hydrogen-bond donors (Lipinski definition) is 1. The normalized spacial score (nSPS) is 11.9. The first-order chi connectivity index (χ1) is 8.66. The maximum absolute atomic E-state index is 5.43. The standard InChI is InChI=1S/C16H17NS/c1-12-8-10-15(11-9-12)16(18)17-13(2)14-6-4-3-5-7-14/h3-11,13H,1-2H3,(H,17,18)/t13-/m1/s1. The van der Waals surface area contributed by atoms with Gasteiger partial charge >= 0.3 is 0 Å². The quantitative estimate of drug-likeness (QED) is 0.831. The van der Waals surface area contributed by atoms with E-state index in [9.17, 15) is 0 Å². The molecule has 0 aliphatic heterocycles. The molecule has 0 unspecified atom stereocenters. The molecule has 2 aromatic carbocycles. The maximum atomic E-state index is 5.43. The molecule has 2 rings (SSSR count). The molecular formula is C16H17NS. The number of rotatable bonds is 3. The van der Waals surface area contributed by atoms with E-state index in [0.717, 1.165) is 10.6 Å². The van der Waals surface area contributed by atoms with Crippen LogP contribution in [0.15, 0.2) is 54.6 Å². The van der Waals surface area contributed by atoms with Gasteiger partial charge in [-0.05, 0) is 19.4 Å². The van der Waals surface area contributed by atoms with Gasteiger partial charge in [0.25, 0.3) is 0 Å². The molecule has 0 aliphatic rings. The molecule has 18 heavy (non-hydrogen) atoms. The summed E-state index contributed by atoms with van der Waals surface area (Å²) in [7, 11) is 0. The molecule has 2 heteroatoms. The van der Waals surface area contributed by atoms with E-state index in [0.29, 0.717) is 0 Å². The van der Waals surface area contributed by atoms with Gasteiger partial charge in [-0.1, -0.05) is 72.4 Å². The highest BCUT2D eigenvalue weighted by atomic mass is 32.1. The lowest BCUT2D eigenvalue weighted by atomic mass is 10.1. The van der Waals surface area contributed by atoms with Gasteiger partial charge in [0.15, 0.2) is 0 Å². The van der Waals surface area contributed by atoms with Crippen LogP contribution in [0.3, 0.4) is 0 Å². The van der Waals surface area contributed by atoms with E-state index >= 15 is 0 Å². The minimum atomic E-state index is 0.222. The Kier molecular flexibility index (Phi) is 4.11. The van der Waals surface area contributed by atoms with Gasteiger partial charge in [0.1, 0.15) is 4.99 Å². The Labute approximate surface area is 114 Å². The van der Waals surface area contributed by atoms with Crippen LogP contribution in [0.5, 0.6) is 0 Å².